The topological polar surface area (TPSA) is 18.5 Å². The predicted octanol–water partition coefficient (Wildman–Crippen LogP) is 4.60. The summed E-state index contributed by atoms with van der Waals surface area (Å²) < 4.78 is 52.7. The summed E-state index contributed by atoms with van der Waals surface area (Å²) in [5.74, 6) is 0. The van der Waals surface area contributed by atoms with Crippen molar-refractivity contribution < 1.29 is 22.5 Å². The van der Waals surface area contributed by atoms with Gasteiger partial charge in [-0.05, 0) is 56.8 Å². The van der Waals surface area contributed by atoms with Gasteiger partial charge in [-0.25, -0.2) is 0 Å². The third kappa shape index (κ3) is 3.67. The molecule has 26 heavy (non-hydrogen) atoms. The van der Waals surface area contributed by atoms with E-state index in [1.165, 1.54) is 6.07 Å². The molecule has 0 bridgehead atoms. The maximum atomic E-state index is 13.6. The second kappa shape index (κ2) is 6.43. The van der Waals surface area contributed by atoms with Gasteiger partial charge in [-0.15, -0.1) is 0 Å². The zero-order valence-corrected chi connectivity index (χ0v) is 15.4. The highest BCUT2D eigenvalue weighted by Crippen LogP contribution is 2.37. The maximum Gasteiger partial charge on any atom is 0.494 e. The monoisotopic (exact) mass is 362 g/mol. The summed E-state index contributed by atoms with van der Waals surface area (Å²) in [5, 5.41) is 0. The third-order valence-corrected chi connectivity index (χ3v) is 5.20. The molecule has 1 aliphatic rings. The Labute approximate surface area is 152 Å². The molecule has 0 radical (unpaired) electrons. The van der Waals surface area contributed by atoms with Crippen LogP contribution in [0.1, 0.15) is 44.4 Å². The molecule has 0 N–H and O–H groups in total. The molecule has 0 aromatic heterocycles. The van der Waals surface area contributed by atoms with Crippen molar-refractivity contribution in [3.8, 4) is 0 Å². The van der Waals surface area contributed by atoms with Gasteiger partial charge in [-0.2, -0.15) is 13.2 Å². The lowest BCUT2D eigenvalue weighted by atomic mass is 9.77. The number of rotatable bonds is 3. The molecule has 0 spiro atoms. The fourth-order valence-corrected chi connectivity index (χ4v) is 2.95. The van der Waals surface area contributed by atoms with E-state index >= 15 is 0 Å². The zero-order chi connectivity index (χ0) is 19.2. The largest absolute Gasteiger partial charge is 0.494 e. The first-order valence-corrected chi connectivity index (χ1v) is 8.59. The maximum absolute atomic E-state index is 13.6. The first-order valence-electron chi connectivity index (χ1n) is 8.59. The molecule has 2 aromatic carbocycles. The van der Waals surface area contributed by atoms with Crippen molar-refractivity contribution in [3.63, 3.8) is 0 Å². The summed E-state index contributed by atoms with van der Waals surface area (Å²) in [5.41, 5.74) is -0.385. The highest BCUT2D eigenvalue weighted by atomic mass is 19.4. The van der Waals surface area contributed by atoms with E-state index in [0.717, 1.165) is 11.6 Å². The Balaban J connectivity index is 1.95. The number of benzene rings is 2. The van der Waals surface area contributed by atoms with Crippen LogP contribution in [0.15, 0.2) is 48.5 Å². The van der Waals surface area contributed by atoms with Gasteiger partial charge in [-0.3, -0.25) is 0 Å². The molecule has 0 amide bonds. The van der Waals surface area contributed by atoms with Gasteiger partial charge in [0.2, 0.25) is 0 Å². The standard InChI is InChI=1S/C20H22BF3O2/c1-18(2)19(3,4)26-21(25-18)16-11-10-15(17(13-16)20(22,23)24)12-14-8-6-5-7-9-14/h5-11,13H,12H2,1-4H3. The second-order valence-electron chi connectivity index (χ2n) is 7.66. The normalized spacial score (nSPS) is 19.0. The van der Waals surface area contributed by atoms with Crippen LogP contribution in [0, 0.1) is 0 Å². The fraction of sp³-hybridized carbons (Fsp3) is 0.400. The van der Waals surface area contributed by atoms with Gasteiger partial charge >= 0.3 is 13.3 Å². The van der Waals surface area contributed by atoms with Crippen LogP contribution < -0.4 is 5.46 Å². The highest BCUT2D eigenvalue weighted by Gasteiger charge is 2.52. The molecule has 0 aliphatic carbocycles. The Morgan fingerprint density at radius 2 is 1.46 bits per heavy atom. The van der Waals surface area contributed by atoms with Crippen LogP contribution in [-0.4, -0.2) is 18.3 Å². The van der Waals surface area contributed by atoms with Crippen LogP contribution in [0.5, 0.6) is 0 Å². The molecule has 0 atom stereocenters. The predicted molar refractivity (Wildman–Crippen MR) is 96.4 cm³/mol. The summed E-state index contributed by atoms with van der Waals surface area (Å²) in [6.45, 7) is 7.51. The van der Waals surface area contributed by atoms with E-state index < -0.39 is 30.1 Å². The minimum atomic E-state index is -4.44. The molecule has 0 saturated carbocycles. The van der Waals surface area contributed by atoms with Gasteiger partial charge in [0, 0.05) is 0 Å². The quantitative estimate of drug-likeness (QED) is 0.744. The number of alkyl halides is 3. The highest BCUT2D eigenvalue weighted by molar-refractivity contribution is 6.62. The molecule has 1 aliphatic heterocycles. The fourth-order valence-electron chi connectivity index (χ4n) is 2.95. The molecule has 2 aromatic rings. The lowest BCUT2D eigenvalue weighted by molar-refractivity contribution is -0.138. The van der Waals surface area contributed by atoms with E-state index in [1.54, 1.807) is 6.07 Å². The van der Waals surface area contributed by atoms with Gasteiger partial charge in [0.15, 0.2) is 0 Å². The first kappa shape index (κ1) is 19.0. The molecule has 1 heterocycles. The molecule has 3 rings (SSSR count). The van der Waals surface area contributed by atoms with Gasteiger partial charge in [0.1, 0.15) is 0 Å². The average Bonchev–Trinajstić information content (AvgIpc) is 2.76. The van der Waals surface area contributed by atoms with Crippen LogP contribution in [0.25, 0.3) is 0 Å². The van der Waals surface area contributed by atoms with Crippen LogP contribution >= 0.6 is 0 Å². The van der Waals surface area contributed by atoms with Crippen molar-refractivity contribution in [2.24, 2.45) is 0 Å². The minimum absolute atomic E-state index is 0.222. The van der Waals surface area contributed by atoms with Crippen molar-refractivity contribution in [2.75, 3.05) is 0 Å². The van der Waals surface area contributed by atoms with Crippen molar-refractivity contribution >= 4 is 12.6 Å². The Hall–Kier alpha value is -1.79. The Morgan fingerprint density at radius 3 is 2.00 bits per heavy atom. The summed E-state index contributed by atoms with van der Waals surface area (Å²) >= 11 is 0. The van der Waals surface area contributed by atoms with Crippen molar-refractivity contribution in [2.45, 2.75) is 51.5 Å². The third-order valence-electron chi connectivity index (χ3n) is 5.20. The summed E-state index contributed by atoms with van der Waals surface area (Å²) in [7, 11) is -0.813. The van der Waals surface area contributed by atoms with Gasteiger partial charge in [-0.1, -0.05) is 42.5 Å². The summed E-state index contributed by atoms with van der Waals surface area (Å²) in [4.78, 5) is 0. The Kier molecular flexibility index (Phi) is 4.70. The van der Waals surface area contributed by atoms with Gasteiger partial charge < -0.3 is 9.31 Å². The van der Waals surface area contributed by atoms with Crippen LogP contribution in [-0.2, 0) is 21.9 Å². The van der Waals surface area contributed by atoms with Crippen molar-refractivity contribution in [3.05, 3.63) is 65.2 Å². The SMILES string of the molecule is CC1(C)OB(c2ccc(Cc3ccccc3)c(C(F)(F)F)c2)OC1(C)C. The van der Waals surface area contributed by atoms with Crippen molar-refractivity contribution in [1.29, 1.82) is 0 Å². The zero-order valence-electron chi connectivity index (χ0n) is 15.4. The van der Waals surface area contributed by atoms with Gasteiger partial charge in [0.05, 0.1) is 16.8 Å². The summed E-state index contributed by atoms with van der Waals surface area (Å²) in [6.07, 6.45) is -4.22. The van der Waals surface area contributed by atoms with Crippen molar-refractivity contribution in [1.82, 2.24) is 0 Å². The van der Waals surface area contributed by atoms with E-state index in [9.17, 15) is 13.2 Å². The van der Waals surface area contributed by atoms with E-state index in [4.69, 9.17) is 9.31 Å². The van der Waals surface area contributed by atoms with Crippen LogP contribution in [0.4, 0.5) is 13.2 Å². The molecule has 6 heteroatoms. The molecular weight excluding hydrogens is 340 g/mol. The van der Waals surface area contributed by atoms with E-state index in [0.29, 0.717) is 5.46 Å². The first-order chi connectivity index (χ1) is 12.0. The van der Waals surface area contributed by atoms with Gasteiger partial charge in [0.25, 0.3) is 0 Å². The molecule has 138 valence electrons. The number of hydrogen-bond donors (Lipinski definition) is 0. The van der Waals surface area contributed by atoms with E-state index in [1.807, 2.05) is 58.0 Å². The van der Waals surface area contributed by atoms with Crippen LogP contribution in [0.3, 0.4) is 0 Å². The molecule has 1 fully saturated rings. The average molecular weight is 362 g/mol. The minimum Gasteiger partial charge on any atom is -0.399 e. The smallest absolute Gasteiger partial charge is 0.399 e. The number of hydrogen-bond acceptors (Lipinski definition) is 2. The second-order valence-corrected chi connectivity index (χ2v) is 7.66. The Morgan fingerprint density at radius 1 is 0.885 bits per heavy atom. The van der Waals surface area contributed by atoms with E-state index in [2.05, 4.69) is 0 Å². The summed E-state index contributed by atoms with van der Waals surface area (Å²) in [6, 6.07) is 13.5. The molecular formula is C20H22BF3O2. The lowest BCUT2D eigenvalue weighted by Crippen LogP contribution is -2.41. The molecule has 1 saturated heterocycles. The molecule has 0 unspecified atom stereocenters. The molecule has 2 nitrogen and oxygen atoms in total. The number of halogens is 3. The van der Waals surface area contributed by atoms with E-state index in [-0.39, 0.29) is 12.0 Å². The van der Waals surface area contributed by atoms with Crippen LogP contribution in [0.2, 0.25) is 0 Å². The Bertz CT molecular complexity index is 769. The lowest BCUT2D eigenvalue weighted by Gasteiger charge is -2.32.